The first-order chi connectivity index (χ1) is 3.27. The largest absolute Gasteiger partial charge is 0.506 e. The monoisotopic (exact) mass is 101 g/mol. The van der Waals surface area contributed by atoms with Crippen LogP contribution in [0.5, 0.6) is 0 Å². The number of nitrogens with zero attached hydrogens (tertiary/aromatic N) is 1. The Hall–Kier alpha value is -1.24. The van der Waals surface area contributed by atoms with E-state index in [-0.39, 0.29) is 0 Å². The molecule has 0 rings (SSSR count). The molecule has 0 saturated carbocycles. The molecule has 0 aliphatic rings. The quantitative estimate of drug-likeness (QED) is 0.479. The van der Waals surface area contributed by atoms with E-state index in [9.17, 15) is 4.79 Å². The Morgan fingerprint density at radius 3 is 2.71 bits per heavy atom. The third kappa shape index (κ3) is 4.76. The topological polar surface area (TPSA) is 70.3 Å². The van der Waals surface area contributed by atoms with Crippen LogP contribution in [0.3, 0.4) is 0 Å². The van der Waals surface area contributed by atoms with Gasteiger partial charge in [-0.25, -0.2) is 4.79 Å². The minimum atomic E-state index is -1.42. The predicted molar refractivity (Wildman–Crippen MR) is 19.6 cm³/mol. The van der Waals surface area contributed by atoms with Crippen LogP contribution in [0, 0.1) is 11.3 Å². The summed E-state index contributed by atoms with van der Waals surface area (Å²) in [5.41, 5.74) is 0. The molecule has 4 nitrogen and oxygen atoms in total. The summed E-state index contributed by atoms with van der Waals surface area (Å²) in [4.78, 5) is 9.38. The third-order valence-corrected chi connectivity index (χ3v) is 0.260. The van der Waals surface area contributed by atoms with Gasteiger partial charge in [0.2, 0.25) is 0 Å². The lowest BCUT2D eigenvalue weighted by Crippen LogP contribution is -1.98. The van der Waals surface area contributed by atoms with Gasteiger partial charge in [0.1, 0.15) is 6.07 Å². The highest BCUT2D eigenvalue weighted by Crippen LogP contribution is 1.70. The Bertz CT molecular complexity index is 103. The predicted octanol–water partition coefficient (Wildman–Crippen LogP) is 0.205. The van der Waals surface area contributed by atoms with E-state index in [1.54, 1.807) is 0 Å². The molecule has 0 unspecified atom stereocenters. The highest BCUT2D eigenvalue weighted by atomic mass is 16.7. The van der Waals surface area contributed by atoms with E-state index in [0.29, 0.717) is 0 Å². The van der Waals surface area contributed by atoms with Gasteiger partial charge in [-0.05, 0) is 0 Å². The van der Waals surface area contributed by atoms with Crippen molar-refractivity contribution in [2.45, 2.75) is 0 Å². The Morgan fingerprint density at radius 2 is 2.57 bits per heavy atom. The first-order valence-corrected chi connectivity index (χ1v) is 1.50. The Kier molecular flexibility index (Phi) is 2.44. The fourth-order valence-corrected chi connectivity index (χ4v) is 0.0940. The SMILES string of the molecule is N#CCOC(=O)O. The fraction of sp³-hybridized carbons (Fsp3) is 0.333. The summed E-state index contributed by atoms with van der Waals surface area (Å²) in [5, 5.41) is 15.3. The van der Waals surface area contributed by atoms with Gasteiger partial charge in [-0.15, -0.1) is 0 Å². The number of hydrogen-bond donors (Lipinski definition) is 1. The standard InChI is InChI=1S/C3H3NO3/c4-1-2-7-3(5)6/h2H2,(H,5,6). The van der Waals surface area contributed by atoms with Gasteiger partial charge in [0.05, 0.1) is 0 Å². The number of hydrogen-bond acceptors (Lipinski definition) is 3. The summed E-state index contributed by atoms with van der Waals surface area (Å²) in [6, 6.07) is 1.50. The first-order valence-electron chi connectivity index (χ1n) is 1.50. The van der Waals surface area contributed by atoms with Crippen molar-refractivity contribution in [1.29, 1.82) is 5.26 Å². The zero-order valence-corrected chi connectivity index (χ0v) is 3.42. The summed E-state index contributed by atoms with van der Waals surface area (Å²) in [5.74, 6) is 0. The number of rotatable bonds is 1. The van der Waals surface area contributed by atoms with E-state index < -0.39 is 12.8 Å². The zero-order valence-electron chi connectivity index (χ0n) is 3.42. The van der Waals surface area contributed by atoms with E-state index >= 15 is 0 Å². The van der Waals surface area contributed by atoms with Crippen molar-refractivity contribution in [3.8, 4) is 6.07 Å². The van der Waals surface area contributed by atoms with Gasteiger partial charge in [0, 0.05) is 0 Å². The maximum absolute atomic E-state index is 9.38. The fourth-order valence-electron chi connectivity index (χ4n) is 0.0940. The summed E-state index contributed by atoms with van der Waals surface area (Å²) in [6.07, 6.45) is -1.42. The summed E-state index contributed by atoms with van der Waals surface area (Å²) >= 11 is 0. The second-order valence-corrected chi connectivity index (χ2v) is 0.713. The van der Waals surface area contributed by atoms with Crippen LogP contribution in [0.2, 0.25) is 0 Å². The second-order valence-electron chi connectivity index (χ2n) is 0.713. The van der Waals surface area contributed by atoms with Gasteiger partial charge in [-0.2, -0.15) is 5.26 Å². The number of nitriles is 1. The lowest BCUT2D eigenvalue weighted by Gasteiger charge is -1.85. The smallest absolute Gasteiger partial charge is 0.450 e. The molecule has 1 N–H and O–H groups in total. The van der Waals surface area contributed by atoms with Gasteiger partial charge in [-0.3, -0.25) is 0 Å². The van der Waals surface area contributed by atoms with Crippen molar-refractivity contribution >= 4 is 6.16 Å². The average molecular weight is 101 g/mol. The maximum atomic E-state index is 9.38. The van der Waals surface area contributed by atoms with E-state index in [1.165, 1.54) is 6.07 Å². The number of carboxylic acid groups (broad SMARTS) is 1. The molecule has 0 radical (unpaired) electrons. The van der Waals surface area contributed by atoms with E-state index in [4.69, 9.17) is 10.4 Å². The molecule has 0 aromatic carbocycles. The minimum Gasteiger partial charge on any atom is -0.450 e. The van der Waals surface area contributed by atoms with Crippen LogP contribution in [0.1, 0.15) is 0 Å². The van der Waals surface area contributed by atoms with Crippen LogP contribution in [0.25, 0.3) is 0 Å². The van der Waals surface area contributed by atoms with E-state index in [0.717, 1.165) is 0 Å². The van der Waals surface area contributed by atoms with Crippen LogP contribution >= 0.6 is 0 Å². The molecule has 38 valence electrons. The van der Waals surface area contributed by atoms with Crippen LogP contribution in [-0.4, -0.2) is 17.9 Å². The zero-order chi connectivity index (χ0) is 5.70. The highest BCUT2D eigenvalue weighted by molar-refractivity contribution is 5.56. The lowest BCUT2D eigenvalue weighted by atomic mass is 10.8. The molecule has 0 spiro atoms. The average Bonchev–Trinajstić information content (AvgIpc) is 1.61. The van der Waals surface area contributed by atoms with Crippen LogP contribution in [0.4, 0.5) is 4.79 Å². The third-order valence-electron chi connectivity index (χ3n) is 0.260. The molecule has 0 aromatic rings. The maximum Gasteiger partial charge on any atom is 0.506 e. The molecule has 0 aromatic heterocycles. The molecule has 0 fully saturated rings. The van der Waals surface area contributed by atoms with E-state index in [2.05, 4.69) is 4.74 Å². The van der Waals surface area contributed by atoms with E-state index in [1.807, 2.05) is 0 Å². The van der Waals surface area contributed by atoms with Gasteiger partial charge >= 0.3 is 6.16 Å². The van der Waals surface area contributed by atoms with Crippen LogP contribution in [-0.2, 0) is 4.74 Å². The Labute approximate surface area is 39.9 Å². The summed E-state index contributed by atoms with van der Waals surface area (Å²) in [6.45, 7) is -0.394. The van der Waals surface area contributed by atoms with Gasteiger partial charge in [-0.1, -0.05) is 0 Å². The lowest BCUT2D eigenvalue weighted by molar-refractivity contribution is 0.103. The molecule has 0 bridgehead atoms. The Balaban J connectivity index is 3.02. The molecule has 0 aliphatic carbocycles. The van der Waals surface area contributed by atoms with Crippen molar-refractivity contribution in [3.05, 3.63) is 0 Å². The van der Waals surface area contributed by atoms with Crippen molar-refractivity contribution in [1.82, 2.24) is 0 Å². The summed E-state index contributed by atoms with van der Waals surface area (Å²) < 4.78 is 3.75. The minimum absolute atomic E-state index is 0.394. The molecule has 0 saturated heterocycles. The van der Waals surface area contributed by atoms with Crippen LogP contribution in [0.15, 0.2) is 0 Å². The Morgan fingerprint density at radius 1 is 2.00 bits per heavy atom. The molecular formula is C3H3NO3. The van der Waals surface area contributed by atoms with Gasteiger partial charge < -0.3 is 9.84 Å². The van der Waals surface area contributed by atoms with Gasteiger partial charge in [0.15, 0.2) is 6.61 Å². The molecule has 0 atom stereocenters. The molecular weight excluding hydrogens is 98.0 g/mol. The van der Waals surface area contributed by atoms with Crippen LogP contribution < -0.4 is 0 Å². The number of carbonyl (C=O) groups is 1. The highest BCUT2D eigenvalue weighted by Gasteiger charge is 1.89. The molecule has 4 heteroatoms. The normalized spacial score (nSPS) is 6.71. The van der Waals surface area contributed by atoms with Crippen molar-refractivity contribution in [3.63, 3.8) is 0 Å². The summed E-state index contributed by atoms with van der Waals surface area (Å²) in [7, 11) is 0. The molecule has 0 heterocycles. The second kappa shape index (κ2) is 2.97. The molecule has 7 heavy (non-hydrogen) atoms. The van der Waals surface area contributed by atoms with Crippen molar-refractivity contribution in [2.75, 3.05) is 6.61 Å². The number of ether oxygens (including phenoxy) is 1. The molecule has 0 aliphatic heterocycles. The van der Waals surface area contributed by atoms with Gasteiger partial charge in [0.25, 0.3) is 0 Å². The first kappa shape index (κ1) is 5.76. The van der Waals surface area contributed by atoms with Crippen molar-refractivity contribution in [2.24, 2.45) is 0 Å². The van der Waals surface area contributed by atoms with Crippen molar-refractivity contribution < 1.29 is 14.6 Å². The molecule has 0 amide bonds.